The zero-order chi connectivity index (χ0) is 23.5. The lowest BCUT2D eigenvalue weighted by Crippen LogP contribution is -2.19. The average Bonchev–Trinajstić information content (AvgIpc) is 2.78. The lowest BCUT2D eigenvalue weighted by Gasteiger charge is -2.19. The van der Waals surface area contributed by atoms with Gasteiger partial charge in [0.05, 0.1) is 6.10 Å². The molecule has 0 fully saturated rings. The number of aliphatic hydroxyl groups is 1. The van der Waals surface area contributed by atoms with E-state index in [4.69, 9.17) is 9.47 Å². The molecule has 0 aliphatic heterocycles. The van der Waals surface area contributed by atoms with Crippen molar-refractivity contribution in [3.05, 3.63) is 0 Å². The minimum atomic E-state index is -0.160. The summed E-state index contributed by atoms with van der Waals surface area (Å²) in [5.41, 5.74) is 0. The SMILES string of the molecule is CCCCCCCCCCOC(CCCCCCC(C)O)OCCCCCCCCCC. The second-order valence-corrected chi connectivity index (χ2v) is 9.96. The van der Waals surface area contributed by atoms with Crippen LogP contribution in [0.3, 0.4) is 0 Å². The van der Waals surface area contributed by atoms with Gasteiger partial charge in [-0.05, 0) is 39.0 Å². The number of ether oxygens (including phenoxy) is 2. The van der Waals surface area contributed by atoms with Gasteiger partial charge in [0, 0.05) is 13.2 Å². The Morgan fingerprint density at radius 2 is 0.812 bits per heavy atom. The largest absolute Gasteiger partial charge is 0.393 e. The Kier molecular flexibility index (Phi) is 27.0. The van der Waals surface area contributed by atoms with Crippen molar-refractivity contribution < 1.29 is 14.6 Å². The van der Waals surface area contributed by atoms with Crippen molar-refractivity contribution >= 4 is 0 Å². The van der Waals surface area contributed by atoms with E-state index in [1.807, 2.05) is 6.92 Å². The molecule has 3 nitrogen and oxygen atoms in total. The molecule has 0 radical (unpaired) electrons. The molecule has 0 aliphatic carbocycles. The van der Waals surface area contributed by atoms with Gasteiger partial charge in [-0.1, -0.05) is 123 Å². The zero-order valence-corrected chi connectivity index (χ0v) is 22.4. The van der Waals surface area contributed by atoms with E-state index in [0.29, 0.717) is 0 Å². The highest BCUT2D eigenvalue weighted by atomic mass is 16.7. The summed E-state index contributed by atoms with van der Waals surface area (Å²) in [4.78, 5) is 0. The van der Waals surface area contributed by atoms with Crippen LogP contribution >= 0.6 is 0 Å². The molecular formula is C29H60O3. The minimum Gasteiger partial charge on any atom is -0.393 e. The third kappa shape index (κ3) is 26.1. The van der Waals surface area contributed by atoms with E-state index in [9.17, 15) is 5.11 Å². The lowest BCUT2D eigenvalue weighted by atomic mass is 10.1. The van der Waals surface area contributed by atoms with E-state index in [2.05, 4.69) is 13.8 Å². The van der Waals surface area contributed by atoms with Crippen LogP contribution in [0, 0.1) is 0 Å². The summed E-state index contributed by atoms with van der Waals surface area (Å²) in [7, 11) is 0. The summed E-state index contributed by atoms with van der Waals surface area (Å²) in [6.45, 7) is 8.13. The summed E-state index contributed by atoms with van der Waals surface area (Å²) in [6.07, 6.45) is 27.9. The molecule has 1 unspecified atom stereocenters. The monoisotopic (exact) mass is 456 g/mol. The number of unbranched alkanes of at least 4 members (excludes halogenated alkanes) is 17. The van der Waals surface area contributed by atoms with Gasteiger partial charge in [0.25, 0.3) is 0 Å². The van der Waals surface area contributed by atoms with Crippen LogP contribution < -0.4 is 0 Å². The quantitative estimate of drug-likeness (QED) is 0.0988. The fraction of sp³-hybridized carbons (Fsp3) is 1.00. The predicted octanol–water partition coefficient (Wildman–Crippen LogP) is 9.35. The Morgan fingerprint density at radius 1 is 0.469 bits per heavy atom. The Balaban J connectivity index is 3.84. The Bertz CT molecular complexity index is 310. The molecule has 32 heavy (non-hydrogen) atoms. The van der Waals surface area contributed by atoms with Gasteiger partial charge < -0.3 is 14.6 Å². The second kappa shape index (κ2) is 27.1. The highest BCUT2D eigenvalue weighted by Gasteiger charge is 2.09. The maximum absolute atomic E-state index is 9.38. The van der Waals surface area contributed by atoms with Crippen molar-refractivity contribution in [1.29, 1.82) is 0 Å². The Labute approximate surface area is 202 Å². The fourth-order valence-corrected chi connectivity index (χ4v) is 4.22. The number of hydrogen-bond donors (Lipinski definition) is 1. The molecule has 0 aromatic rings. The molecule has 0 aromatic carbocycles. The number of rotatable bonds is 27. The standard InChI is InChI=1S/C29H60O3/c1-4-6-8-10-12-14-18-22-26-31-29(25-21-17-16-20-24-28(3)30)32-27-23-19-15-13-11-9-7-5-2/h28-30H,4-27H2,1-3H3. The molecule has 0 aliphatic rings. The van der Waals surface area contributed by atoms with E-state index in [0.717, 1.165) is 32.5 Å². The molecule has 1 N–H and O–H groups in total. The van der Waals surface area contributed by atoms with Crippen LogP contribution in [-0.2, 0) is 9.47 Å². The van der Waals surface area contributed by atoms with Gasteiger partial charge in [-0.25, -0.2) is 0 Å². The first-order valence-corrected chi connectivity index (χ1v) is 14.6. The van der Waals surface area contributed by atoms with E-state index >= 15 is 0 Å². The molecule has 0 saturated carbocycles. The van der Waals surface area contributed by atoms with Gasteiger partial charge in [0.15, 0.2) is 6.29 Å². The summed E-state index contributed by atoms with van der Waals surface area (Å²) >= 11 is 0. The molecule has 0 bridgehead atoms. The maximum Gasteiger partial charge on any atom is 0.157 e. The van der Waals surface area contributed by atoms with Crippen molar-refractivity contribution in [3.8, 4) is 0 Å². The van der Waals surface area contributed by atoms with Crippen molar-refractivity contribution in [2.45, 2.75) is 174 Å². The van der Waals surface area contributed by atoms with Crippen molar-refractivity contribution in [2.24, 2.45) is 0 Å². The smallest absolute Gasteiger partial charge is 0.157 e. The van der Waals surface area contributed by atoms with Gasteiger partial charge >= 0.3 is 0 Å². The van der Waals surface area contributed by atoms with Gasteiger partial charge in [-0.3, -0.25) is 0 Å². The Morgan fingerprint density at radius 3 is 1.22 bits per heavy atom. The van der Waals surface area contributed by atoms with Crippen molar-refractivity contribution in [1.82, 2.24) is 0 Å². The maximum atomic E-state index is 9.38. The zero-order valence-electron chi connectivity index (χ0n) is 22.4. The highest BCUT2D eigenvalue weighted by Crippen LogP contribution is 2.15. The van der Waals surface area contributed by atoms with Crippen LogP contribution in [0.4, 0.5) is 0 Å². The van der Waals surface area contributed by atoms with E-state index in [-0.39, 0.29) is 12.4 Å². The molecule has 0 heterocycles. The topological polar surface area (TPSA) is 38.7 Å². The third-order valence-corrected chi connectivity index (χ3v) is 6.41. The van der Waals surface area contributed by atoms with Gasteiger partial charge in [-0.15, -0.1) is 0 Å². The van der Waals surface area contributed by atoms with Gasteiger partial charge in [0.2, 0.25) is 0 Å². The van der Waals surface area contributed by atoms with E-state index < -0.39 is 0 Å². The highest BCUT2D eigenvalue weighted by molar-refractivity contribution is 4.54. The van der Waals surface area contributed by atoms with Crippen LogP contribution in [-0.4, -0.2) is 30.7 Å². The Hall–Kier alpha value is -0.120. The average molecular weight is 457 g/mol. The second-order valence-electron chi connectivity index (χ2n) is 9.96. The normalized spacial score (nSPS) is 12.7. The van der Waals surface area contributed by atoms with Gasteiger partial charge in [0.1, 0.15) is 0 Å². The molecule has 1 atom stereocenters. The molecule has 0 saturated heterocycles. The summed E-state index contributed by atoms with van der Waals surface area (Å²) in [6, 6.07) is 0. The van der Waals surface area contributed by atoms with Crippen LogP contribution in [0.2, 0.25) is 0 Å². The van der Waals surface area contributed by atoms with Crippen LogP contribution in [0.15, 0.2) is 0 Å². The molecular weight excluding hydrogens is 396 g/mol. The number of aliphatic hydroxyl groups excluding tert-OH is 1. The minimum absolute atomic E-state index is 0.0131. The molecule has 0 rings (SSSR count). The first kappa shape index (κ1) is 31.9. The van der Waals surface area contributed by atoms with Gasteiger partial charge in [-0.2, -0.15) is 0 Å². The lowest BCUT2D eigenvalue weighted by molar-refractivity contribution is -0.148. The van der Waals surface area contributed by atoms with Crippen LogP contribution in [0.1, 0.15) is 162 Å². The predicted molar refractivity (Wildman–Crippen MR) is 140 cm³/mol. The van der Waals surface area contributed by atoms with Crippen LogP contribution in [0.25, 0.3) is 0 Å². The molecule has 3 heteroatoms. The van der Waals surface area contributed by atoms with E-state index in [1.54, 1.807) is 0 Å². The molecule has 0 spiro atoms. The summed E-state index contributed by atoms with van der Waals surface area (Å²) in [5, 5.41) is 9.38. The molecule has 0 amide bonds. The number of hydrogen-bond acceptors (Lipinski definition) is 3. The van der Waals surface area contributed by atoms with Crippen molar-refractivity contribution in [3.63, 3.8) is 0 Å². The summed E-state index contributed by atoms with van der Waals surface area (Å²) < 4.78 is 12.3. The summed E-state index contributed by atoms with van der Waals surface area (Å²) in [5.74, 6) is 0. The molecule has 194 valence electrons. The third-order valence-electron chi connectivity index (χ3n) is 6.41. The van der Waals surface area contributed by atoms with E-state index in [1.165, 1.54) is 122 Å². The first-order chi connectivity index (χ1) is 15.7. The first-order valence-electron chi connectivity index (χ1n) is 14.6. The fourth-order valence-electron chi connectivity index (χ4n) is 4.22. The van der Waals surface area contributed by atoms with Crippen LogP contribution in [0.5, 0.6) is 0 Å². The van der Waals surface area contributed by atoms with Crippen molar-refractivity contribution in [2.75, 3.05) is 13.2 Å². The molecule has 0 aromatic heterocycles.